The fraction of sp³-hybridized carbons (Fsp3) is 0.273. The SMILES string of the molecule is CC1(OC(=O)c2ccccc2)CC(=O)N1S(=O)(=O)F. The first kappa shape index (κ1) is 13.5. The molecule has 1 amide bonds. The van der Waals surface area contributed by atoms with E-state index >= 15 is 0 Å². The number of carbonyl (C=O) groups excluding carboxylic acids is 2. The van der Waals surface area contributed by atoms with Crippen LogP contribution >= 0.6 is 0 Å². The van der Waals surface area contributed by atoms with Crippen LogP contribution in [0.3, 0.4) is 0 Å². The first-order valence-electron chi connectivity index (χ1n) is 5.30. The van der Waals surface area contributed by atoms with Gasteiger partial charge < -0.3 is 4.74 Å². The molecule has 8 heteroatoms. The Kier molecular flexibility index (Phi) is 3.05. The van der Waals surface area contributed by atoms with Crippen LogP contribution in [0.15, 0.2) is 30.3 Å². The average Bonchev–Trinajstić information content (AvgIpc) is 2.26. The van der Waals surface area contributed by atoms with Crippen LogP contribution in [-0.4, -0.2) is 30.3 Å². The van der Waals surface area contributed by atoms with Crippen LogP contribution in [0, 0.1) is 0 Å². The van der Waals surface area contributed by atoms with Crippen LogP contribution in [-0.2, 0) is 19.9 Å². The minimum atomic E-state index is -5.24. The number of nitrogens with zero attached hydrogens (tertiary/aromatic N) is 1. The van der Waals surface area contributed by atoms with Crippen molar-refractivity contribution in [1.82, 2.24) is 4.31 Å². The molecule has 19 heavy (non-hydrogen) atoms. The Balaban J connectivity index is 2.20. The highest BCUT2D eigenvalue weighted by molar-refractivity contribution is 7.84. The average molecular weight is 287 g/mol. The smallest absolute Gasteiger partial charge is 0.404 e. The molecule has 2 rings (SSSR count). The van der Waals surface area contributed by atoms with Crippen molar-refractivity contribution in [3.8, 4) is 0 Å². The van der Waals surface area contributed by atoms with Gasteiger partial charge in [0.1, 0.15) is 0 Å². The molecule has 0 saturated carbocycles. The predicted molar refractivity (Wildman–Crippen MR) is 61.8 cm³/mol. The van der Waals surface area contributed by atoms with E-state index in [9.17, 15) is 21.9 Å². The molecule has 0 radical (unpaired) electrons. The number of hydrogen-bond donors (Lipinski definition) is 0. The van der Waals surface area contributed by atoms with Crippen LogP contribution in [0.25, 0.3) is 0 Å². The van der Waals surface area contributed by atoms with Crippen molar-refractivity contribution in [3.63, 3.8) is 0 Å². The lowest BCUT2D eigenvalue weighted by molar-refractivity contribution is -0.173. The summed E-state index contributed by atoms with van der Waals surface area (Å²) >= 11 is 0. The minimum absolute atomic E-state index is 0.0686. The highest BCUT2D eigenvalue weighted by Gasteiger charge is 2.57. The van der Waals surface area contributed by atoms with Gasteiger partial charge >= 0.3 is 16.4 Å². The van der Waals surface area contributed by atoms with Gasteiger partial charge in [0.2, 0.25) is 11.6 Å². The van der Waals surface area contributed by atoms with Crippen molar-refractivity contribution in [3.05, 3.63) is 35.9 Å². The summed E-state index contributed by atoms with van der Waals surface area (Å²) in [6.45, 7) is 1.16. The zero-order chi connectivity index (χ0) is 14.3. The van der Waals surface area contributed by atoms with E-state index in [2.05, 4.69) is 0 Å². The molecule has 1 heterocycles. The number of esters is 1. The highest BCUT2D eigenvalue weighted by atomic mass is 32.3. The van der Waals surface area contributed by atoms with Gasteiger partial charge in [-0.1, -0.05) is 22.1 Å². The van der Waals surface area contributed by atoms with E-state index < -0.39 is 28.0 Å². The molecule has 0 N–H and O–H groups in total. The fourth-order valence-electron chi connectivity index (χ4n) is 1.86. The molecule has 1 saturated heterocycles. The molecule has 0 aromatic heterocycles. The summed E-state index contributed by atoms with van der Waals surface area (Å²) in [4.78, 5) is 22.9. The molecule has 6 nitrogen and oxygen atoms in total. The summed E-state index contributed by atoms with van der Waals surface area (Å²) in [5, 5.41) is 0. The largest absolute Gasteiger partial charge is 0.434 e. The van der Waals surface area contributed by atoms with Crippen LogP contribution in [0.4, 0.5) is 3.89 Å². The number of hydrogen-bond acceptors (Lipinski definition) is 5. The number of rotatable bonds is 3. The summed E-state index contributed by atoms with van der Waals surface area (Å²) in [6, 6.07) is 7.79. The quantitative estimate of drug-likeness (QED) is 0.471. The molecule has 1 aliphatic heterocycles. The van der Waals surface area contributed by atoms with Crippen LogP contribution < -0.4 is 0 Å². The number of amides is 1. The number of halogens is 1. The second kappa shape index (κ2) is 4.30. The van der Waals surface area contributed by atoms with Gasteiger partial charge in [0.25, 0.3) is 0 Å². The maximum atomic E-state index is 12.9. The Labute approximate surface area is 109 Å². The lowest BCUT2D eigenvalue weighted by atomic mass is 10.0. The zero-order valence-electron chi connectivity index (χ0n) is 9.87. The van der Waals surface area contributed by atoms with Crippen molar-refractivity contribution < 1.29 is 26.6 Å². The molecule has 1 unspecified atom stereocenters. The Morgan fingerprint density at radius 2 is 1.95 bits per heavy atom. The van der Waals surface area contributed by atoms with Gasteiger partial charge in [-0.15, -0.1) is 0 Å². The van der Waals surface area contributed by atoms with E-state index in [1.54, 1.807) is 18.2 Å². The summed E-state index contributed by atoms with van der Waals surface area (Å²) in [6.07, 6.45) is -0.380. The molecule has 0 aliphatic carbocycles. The molecular weight excluding hydrogens is 277 g/mol. The lowest BCUT2D eigenvalue weighted by Gasteiger charge is -2.44. The van der Waals surface area contributed by atoms with Crippen molar-refractivity contribution in [2.75, 3.05) is 0 Å². The van der Waals surface area contributed by atoms with Crippen LogP contribution in [0.5, 0.6) is 0 Å². The van der Waals surface area contributed by atoms with E-state index in [4.69, 9.17) is 4.74 Å². The first-order valence-corrected chi connectivity index (χ1v) is 6.64. The van der Waals surface area contributed by atoms with Crippen molar-refractivity contribution >= 4 is 22.3 Å². The number of ether oxygens (including phenoxy) is 1. The third-order valence-electron chi connectivity index (χ3n) is 2.68. The van der Waals surface area contributed by atoms with Crippen molar-refractivity contribution in [2.45, 2.75) is 19.1 Å². The van der Waals surface area contributed by atoms with Gasteiger partial charge in [-0.3, -0.25) is 4.79 Å². The topological polar surface area (TPSA) is 80.8 Å². The predicted octanol–water partition coefficient (Wildman–Crippen LogP) is 1.01. The zero-order valence-corrected chi connectivity index (χ0v) is 10.7. The number of β-lactam (4-membered cyclic amide) rings is 1. The highest BCUT2D eigenvalue weighted by Crippen LogP contribution is 2.36. The molecular formula is C11H10FNO5S. The molecule has 0 bridgehead atoms. The molecule has 1 aromatic carbocycles. The summed E-state index contributed by atoms with van der Waals surface area (Å²) < 4.78 is 39.4. The summed E-state index contributed by atoms with van der Waals surface area (Å²) in [7, 11) is -5.24. The number of benzene rings is 1. The van der Waals surface area contributed by atoms with E-state index in [1.807, 2.05) is 0 Å². The molecule has 1 aromatic rings. The third kappa shape index (κ3) is 2.43. The standard InChI is InChI=1S/C11H10FNO5S/c1-11(7-9(14)13(11)19(12,16)17)18-10(15)8-5-3-2-4-6-8/h2-6H,7H2,1H3. The molecule has 1 fully saturated rings. The van der Waals surface area contributed by atoms with Crippen LogP contribution in [0.1, 0.15) is 23.7 Å². The van der Waals surface area contributed by atoms with Crippen LogP contribution in [0.2, 0.25) is 0 Å². The first-order chi connectivity index (χ1) is 8.74. The lowest BCUT2D eigenvalue weighted by Crippen LogP contribution is -2.64. The number of carbonyl (C=O) groups is 2. The Morgan fingerprint density at radius 1 is 1.37 bits per heavy atom. The van der Waals surface area contributed by atoms with Gasteiger partial charge in [0, 0.05) is 0 Å². The van der Waals surface area contributed by atoms with Gasteiger partial charge in [-0.25, -0.2) is 4.79 Å². The third-order valence-corrected chi connectivity index (χ3v) is 3.70. The van der Waals surface area contributed by atoms with E-state index in [0.29, 0.717) is 0 Å². The van der Waals surface area contributed by atoms with Crippen molar-refractivity contribution in [2.24, 2.45) is 0 Å². The van der Waals surface area contributed by atoms with E-state index in [-0.39, 0.29) is 16.3 Å². The molecule has 1 atom stereocenters. The van der Waals surface area contributed by atoms with Crippen molar-refractivity contribution in [1.29, 1.82) is 0 Å². The minimum Gasteiger partial charge on any atom is -0.434 e. The summed E-state index contributed by atoms with van der Waals surface area (Å²) in [5.41, 5.74) is -1.63. The Morgan fingerprint density at radius 3 is 2.42 bits per heavy atom. The summed E-state index contributed by atoms with van der Waals surface area (Å²) in [5.74, 6) is -1.78. The van der Waals surface area contributed by atoms with Gasteiger partial charge in [0.05, 0.1) is 12.0 Å². The molecule has 1 aliphatic rings. The van der Waals surface area contributed by atoms with E-state index in [0.717, 1.165) is 6.92 Å². The van der Waals surface area contributed by atoms with Gasteiger partial charge in [-0.05, 0) is 19.1 Å². The van der Waals surface area contributed by atoms with Gasteiger partial charge in [0.15, 0.2) is 0 Å². The van der Waals surface area contributed by atoms with E-state index in [1.165, 1.54) is 12.1 Å². The monoisotopic (exact) mass is 287 g/mol. The fourth-order valence-corrected chi connectivity index (χ4v) is 2.73. The second-order valence-electron chi connectivity index (χ2n) is 4.21. The Bertz CT molecular complexity index is 630. The normalized spacial score (nSPS) is 22.8. The Hall–Kier alpha value is -1.96. The second-order valence-corrected chi connectivity index (χ2v) is 5.40. The molecule has 102 valence electrons. The molecule has 0 spiro atoms. The van der Waals surface area contributed by atoms with Gasteiger partial charge in [-0.2, -0.15) is 12.7 Å². The maximum Gasteiger partial charge on any atom is 0.404 e. The maximum absolute atomic E-state index is 12.9.